The highest BCUT2D eigenvalue weighted by Gasteiger charge is 2.27. The van der Waals surface area contributed by atoms with Crippen molar-refractivity contribution in [1.82, 2.24) is 0 Å². The minimum atomic E-state index is -4.41. The van der Waals surface area contributed by atoms with Crippen LogP contribution in [0.4, 0.5) is 0 Å². The second kappa shape index (κ2) is 73.1. The number of carbonyl (C=O) groups is 2. The molecule has 0 aliphatic carbocycles. The number of unbranched alkanes of at least 4 members (excludes halogenated alkanes) is 32. The number of hydrogen-bond acceptors (Lipinski definition) is 7. The summed E-state index contributed by atoms with van der Waals surface area (Å²) in [6.07, 6.45) is 108. The molecule has 0 bridgehead atoms. The zero-order valence-electron chi connectivity index (χ0n) is 61.4. The molecule has 0 fully saturated rings. The van der Waals surface area contributed by atoms with Crippen molar-refractivity contribution in [2.45, 2.75) is 328 Å². The van der Waals surface area contributed by atoms with Gasteiger partial charge in [0.2, 0.25) is 0 Å². The maximum Gasteiger partial charge on any atom is 0.472 e. The average molecular weight is 1330 g/mol. The van der Waals surface area contributed by atoms with E-state index in [1.165, 1.54) is 167 Å². The van der Waals surface area contributed by atoms with Crippen LogP contribution in [0.5, 0.6) is 0 Å². The standard InChI is InChI=1S/C84H144NO8P/c1-6-8-10-12-14-16-18-20-22-24-26-28-30-32-34-36-37-38-39-40-41-42-43-44-45-46-47-49-50-52-54-56-58-60-62-64-66-68-70-72-74-76-83(86)90-80-82(81-92-94(88,89)91-79-78-85(3,4)5)93-84(87)77-75-73-71-69-67-65-63-61-59-57-55-53-51-48-35-33-31-29-27-25-23-21-19-17-15-13-11-9-7-2/h8-11,14-17,20-23,26-29,33,35,51,53,57,59,63,65,82H,6-7,12-13,18-19,24-25,30-32,34,36-50,52,54-56,58,60-62,64,66-81H2,1-5H3/p+1/b10-8-,11-9-,16-14-,17-15-,22-20-,23-21-,28-26-,29-27-,35-33-,53-51-,59-57-,65-63-. The van der Waals surface area contributed by atoms with Crippen molar-refractivity contribution in [3.8, 4) is 0 Å². The highest BCUT2D eigenvalue weighted by Crippen LogP contribution is 2.43. The molecule has 2 atom stereocenters. The topological polar surface area (TPSA) is 108 Å². The first-order valence-corrected chi connectivity index (χ1v) is 40.1. The molecule has 0 amide bonds. The Labute approximate surface area is 580 Å². The number of allylic oxidation sites excluding steroid dienone is 24. The molecule has 0 spiro atoms. The van der Waals surface area contributed by atoms with Gasteiger partial charge >= 0.3 is 19.8 Å². The molecule has 9 nitrogen and oxygen atoms in total. The molecule has 0 rings (SSSR count). The van der Waals surface area contributed by atoms with Gasteiger partial charge < -0.3 is 18.9 Å². The summed E-state index contributed by atoms with van der Waals surface area (Å²) in [5.41, 5.74) is 0. The summed E-state index contributed by atoms with van der Waals surface area (Å²) in [7, 11) is 1.45. The van der Waals surface area contributed by atoms with Crippen LogP contribution in [0.25, 0.3) is 0 Å². The SMILES string of the molecule is CC/C=C\C/C=C\C/C=C\C/C=C\C/C=C\C/C=C\C/C=C\C/C=C\CCCCCCC(=O)OC(COC(=O)CCCCCCCCCCCCCCCCCCCCCCCCCCCCCC/C=C\C/C=C\C/C=C\C/C=C\CC)COP(=O)(O)OCC[N+](C)(C)C. The number of esters is 2. The molecule has 0 aliphatic rings. The molecule has 0 aromatic rings. The highest BCUT2D eigenvalue weighted by molar-refractivity contribution is 7.47. The highest BCUT2D eigenvalue weighted by atomic mass is 31.2. The summed E-state index contributed by atoms with van der Waals surface area (Å²) in [6, 6.07) is 0. The van der Waals surface area contributed by atoms with Crippen LogP contribution in [-0.2, 0) is 32.7 Å². The molecule has 2 unspecified atom stereocenters. The van der Waals surface area contributed by atoms with E-state index in [2.05, 4.69) is 160 Å². The summed E-state index contributed by atoms with van der Waals surface area (Å²) in [4.78, 5) is 35.9. The van der Waals surface area contributed by atoms with Gasteiger partial charge in [0.05, 0.1) is 27.7 Å². The Morgan fingerprint density at radius 1 is 0.330 bits per heavy atom. The lowest BCUT2D eigenvalue weighted by Crippen LogP contribution is -2.37. The largest absolute Gasteiger partial charge is 0.472 e. The summed E-state index contributed by atoms with van der Waals surface area (Å²) >= 11 is 0. The fraction of sp³-hybridized carbons (Fsp3) is 0.690. The maximum absolute atomic E-state index is 12.9. The summed E-state index contributed by atoms with van der Waals surface area (Å²) in [5.74, 6) is -0.823. The molecule has 0 aliphatic heterocycles. The third kappa shape index (κ3) is 76.9. The number of carbonyl (C=O) groups excluding carboxylic acids is 2. The van der Waals surface area contributed by atoms with Gasteiger partial charge in [0, 0.05) is 12.8 Å². The van der Waals surface area contributed by atoms with Gasteiger partial charge in [-0.2, -0.15) is 0 Å². The summed E-state index contributed by atoms with van der Waals surface area (Å²) < 4.78 is 34.7. The first kappa shape index (κ1) is 89.9. The molecule has 10 heteroatoms. The fourth-order valence-electron chi connectivity index (χ4n) is 10.6. The van der Waals surface area contributed by atoms with Gasteiger partial charge in [0.25, 0.3) is 0 Å². The number of ether oxygens (including phenoxy) is 2. The Morgan fingerprint density at radius 2 is 0.574 bits per heavy atom. The molecule has 0 aromatic carbocycles. The lowest BCUT2D eigenvalue weighted by molar-refractivity contribution is -0.870. The number of phosphoric acid groups is 1. The Kier molecular flexibility index (Phi) is 69.9. The molecule has 0 saturated heterocycles. The van der Waals surface area contributed by atoms with E-state index >= 15 is 0 Å². The Morgan fingerprint density at radius 3 is 0.851 bits per heavy atom. The van der Waals surface area contributed by atoms with E-state index in [0.717, 1.165) is 122 Å². The molecular weight excluding hydrogens is 1180 g/mol. The Hall–Kier alpha value is -4.11. The zero-order chi connectivity index (χ0) is 68.3. The lowest BCUT2D eigenvalue weighted by Gasteiger charge is -2.24. The predicted octanol–water partition coefficient (Wildman–Crippen LogP) is 25.7. The minimum absolute atomic E-state index is 0.0209. The lowest BCUT2D eigenvalue weighted by atomic mass is 10.0. The molecule has 0 saturated carbocycles. The van der Waals surface area contributed by atoms with E-state index in [1.807, 2.05) is 21.1 Å². The van der Waals surface area contributed by atoms with E-state index in [0.29, 0.717) is 17.4 Å². The molecule has 1 N–H and O–H groups in total. The number of rotatable bonds is 70. The Bertz CT molecular complexity index is 2100. The quantitative estimate of drug-likeness (QED) is 0.0211. The number of phosphoric ester groups is 1. The normalized spacial score (nSPS) is 13.9. The minimum Gasteiger partial charge on any atom is -0.462 e. The van der Waals surface area contributed by atoms with E-state index in [9.17, 15) is 19.0 Å². The number of quaternary nitrogens is 1. The van der Waals surface area contributed by atoms with Crippen molar-refractivity contribution in [3.63, 3.8) is 0 Å². The van der Waals surface area contributed by atoms with Crippen molar-refractivity contribution in [3.05, 3.63) is 146 Å². The second-order valence-electron chi connectivity index (χ2n) is 26.6. The number of likely N-dealkylation sites (N-methyl/N-ethyl adjacent to an activating group) is 1. The van der Waals surface area contributed by atoms with Crippen LogP contribution >= 0.6 is 7.82 Å². The summed E-state index contributed by atoms with van der Waals surface area (Å²) in [5, 5.41) is 0. The monoisotopic (exact) mass is 1330 g/mol. The van der Waals surface area contributed by atoms with Gasteiger partial charge in [-0.15, -0.1) is 0 Å². The zero-order valence-corrected chi connectivity index (χ0v) is 62.3. The van der Waals surface area contributed by atoms with Crippen molar-refractivity contribution >= 4 is 19.8 Å². The van der Waals surface area contributed by atoms with Crippen LogP contribution in [0.15, 0.2) is 146 Å². The van der Waals surface area contributed by atoms with Crippen LogP contribution in [0.2, 0.25) is 0 Å². The van der Waals surface area contributed by atoms with E-state index in [1.54, 1.807) is 0 Å². The predicted molar refractivity (Wildman–Crippen MR) is 408 cm³/mol. The Balaban J connectivity index is 3.99. The van der Waals surface area contributed by atoms with Gasteiger partial charge in [0.15, 0.2) is 6.10 Å². The van der Waals surface area contributed by atoms with E-state index < -0.39 is 26.5 Å². The van der Waals surface area contributed by atoms with Crippen molar-refractivity contribution in [2.24, 2.45) is 0 Å². The van der Waals surface area contributed by atoms with Crippen molar-refractivity contribution in [2.75, 3.05) is 47.5 Å². The van der Waals surface area contributed by atoms with Crippen LogP contribution in [-0.4, -0.2) is 74.9 Å². The first-order chi connectivity index (χ1) is 46.0. The smallest absolute Gasteiger partial charge is 0.462 e. The maximum atomic E-state index is 12.9. The molecular formula is C84H145NO8P+. The average Bonchev–Trinajstić information content (AvgIpc) is 1.65. The van der Waals surface area contributed by atoms with Crippen LogP contribution in [0, 0.1) is 0 Å². The molecule has 0 aromatic heterocycles. The second-order valence-corrected chi connectivity index (χ2v) is 28.1. The molecule has 0 heterocycles. The van der Waals surface area contributed by atoms with Crippen LogP contribution in [0.1, 0.15) is 322 Å². The van der Waals surface area contributed by atoms with E-state index in [4.69, 9.17) is 18.5 Å². The number of nitrogens with zero attached hydrogens (tertiary/aromatic N) is 1. The molecule has 0 radical (unpaired) electrons. The first-order valence-electron chi connectivity index (χ1n) is 38.6. The molecule has 94 heavy (non-hydrogen) atoms. The van der Waals surface area contributed by atoms with Crippen LogP contribution in [0.3, 0.4) is 0 Å². The summed E-state index contributed by atoms with van der Waals surface area (Å²) in [6.45, 7) is 4.19. The van der Waals surface area contributed by atoms with Crippen molar-refractivity contribution < 1.29 is 42.1 Å². The van der Waals surface area contributed by atoms with Crippen LogP contribution < -0.4 is 0 Å². The van der Waals surface area contributed by atoms with Gasteiger partial charge in [-0.05, 0) is 116 Å². The fourth-order valence-corrected chi connectivity index (χ4v) is 11.3. The van der Waals surface area contributed by atoms with Gasteiger partial charge in [-0.25, -0.2) is 4.57 Å². The molecule has 538 valence electrons. The van der Waals surface area contributed by atoms with Crippen molar-refractivity contribution in [1.29, 1.82) is 0 Å². The van der Waals surface area contributed by atoms with Gasteiger partial charge in [-0.3, -0.25) is 18.6 Å². The van der Waals surface area contributed by atoms with Gasteiger partial charge in [0.1, 0.15) is 19.8 Å². The van der Waals surface area contributed by atoms with Gasteiger partial charge in [-0.1, -0.05) is 339 Å². The number of hydrogen-bond donors (Lipinski definition) is 1. The third-order valence-corrected chi connectivity index (χ3v) is 17.3. The van der Waals surface area contributed by atoms with E-state index in [-0.39, 0.29) is 32.0 Å². The third-order valence-electron chi connectivity index (χ3n) is 16.4.